The Labute approximate surface area is 105 Å². The Bertz CT molecular complexity index is 674. The van der Waals surface area contributed by atoms with Crippen LogP contribution in [0.5, 0.6) is 0 Å². The van der Waals surface area contributed by atoms with Crippen molar-refractivity contribution in [1.29, 1.82) is 0 Å². The van der Waals surface area contributed by atoms with Crippen LogP contribution < -0.4 is 0 Å². The number of fused-ring (bicyclic) bond motifs is 3. The van der Waals surface area contributed by atoms with E-state index in [1.807, 2.05) is 55.5 Å². The molecule has 3 nitrogen and oxygen atoms in total. The number of para-hydroxylation sites is 2. The number of hydrogen-bond acceptors (Lipinski definition) is 2. The van der Waals surface area contributed by atoms with Crippen molar-refractivity contribution in [3.63, 3.8) is 0 Å². The molecule has 0 saturated carbocycles. The molecule has 0 spiro atoms. The predicted molar refractivity (Wildman–Crippen MR) is 71.9 cm³/mol. The molecular weight excluding hydrogens is 226 g/mol. The van der Waals surface area contributed by atoms with Crippen molar-refractivity contribution >= 4 is 27.9 Å². The maximum absolute atomic E-state index is 12.1. The molecule has 0 unspecified atom stereocenters. The van der Waals surface area contributed by atoms with E-state index < -0.39 is 0 Å². The number of benzene rings is 2. The molecule has 0 bridgehead atoms. The van der Waals surface area contributed by atoms with Crippen molar-refractivity contribution in [2.75, 3.05) is 6.61 Å². The molecule has 0 aliphatic rings. The number of rotatable bonds is 1. The third-order valence-electron chi connectivity index (χ3n) is 3.03. The maximum atomic E-state index is 12.1. The van der Waals surface area contributed by atoms with E-state index in [0.29, 0.717) is 6.61 Å². The topological polar surface area (TPSA) is 31.2 Å². The molecule has 1 aromatic heterocycles. The van der Waals surface area contributed by atoms with Gasteiger partial charge in [0.1, 0.15) is 0 Å². The predicted octanol–water partition coefficient (Wildman–Crippen LogP) is 3.80. The van der Waals surface area contributed by atoms with Crippen LogP contribution in [-0.4, -0.2) is 17.3 Å². The van der Waals surface area contributed by atoms with Crippen LogP contribution in [0.25, 0.3) is 21.8 Å². The van der Waals surface area contributed by atoms with E-state index in [0.717, 1.165) is 21.8 Å². The zero-order chi connectivity index (χ0) is 12.5. The van der Waals surface area contributed by atoms with E-state index in [1.54, 1.807) is 4.57 Å². The van der Waals surface area contributed by atoms with Crippen LogP contribution >= 0.6 is 0 Å². The van der Waals surface area contributed by atoms with E-state index in [-0.39, 0.29) is 6.09 Å². The summed E-state index contributed by atoms with van der Waals surface area (Å²) in [6.45, 7) is 2.19. The number of aromatic nitrogens is 1. The van der Waals surface area contributed by atoms with Crippen LogP contribution in [-0.2, 0) is 4.74 Å². The molecule has 1 heterocycles. The first-order chi connectivity index (χ1) is 8.83. The van der Waals surface area contributed by atoms with E-state index in [2.05, 4.69) is 0 Å². The number of ether oxygens (including phenoxy) is 1. The fourth-order valence-electron chi connectivity index (χ4n) is 2.31. The van der Waals surface area contributed by atoms with Gasteiger partial charge < -0.3 is 4.74 Å². The lowest BCUT2D eigenvalue weighted by atomic mass is 10.2. The first kappa shape index (κ1) is 10.8. The van der Waals surface area contributed by atoms with E-state index in [9.17, 15) is 4.79 Å². The van der Waals surface area contributed by atoms with Gasteiger partial charge in [-0.3, -0.25) is 0 Å². The summed E-state index contributed by atoms with van der Waals surface area (Å²) >= 11 is 0. The number of carbonyl (C=O) groups is 1. The van der Waals surface area contributed by atoms with Gasteiger partial charge in [0.05, 0.1) is 17.6 Å². The minimum atomic E-state index is -0.324. The molecule has 90 valence electrons. The third-order valence-corrected chi connectivity index (χ3v) is 3.03. The van der Waals surface area contributed by atoms with Crippen LogP contribution in [0.3, 0.4) is 0 Å². The lowest BCUT2D eigenvalue weighted by Gasteiger charge is -2.05. The molecule has 2 aromatic carbocycles. The average molecular weight is 239 g/mol. The Kier molecular flexibility index (Phi) is 2.52. The van der Waals surface area contributed by atoms with Crippen molar-refractivity contribution in [3.05, 3.63) is 48.5 Å². The second kappa shape index (κ2) is 4.18. The smallest absolute Gasteiger partial charge is 0.418 e. The fraction of sp³-hybridized carbons (Fsp3) is 0.133. The molecule has 3 heteroatoms. The summed E-state index contributed by atoms with van der Waals surface area (Å²) in [4.78, 5) is 12.1. The second-order valence-corrected chi connectivity index (χ2v) is 4.07. The van der Waals surface area contributed by atoms with Gasteiger partial charge in [-0.2, -0.15) is 0 Å². The first-order valence-electron chi connectivity index (χ1n) is 5.98. The van der Waals surface area contributed by atoms with E-state index >= 15 is 0 Å². The molecule has 0 amide bonds. The monoisotopic (exact) mass is 239 g/mol. The van der Waals surface area contributed by atoms with Crippen LogP contribution in [0.4, 0.5) is 4.79 Å². The SMILES string of the molecule is CCOC(=O)n1c2ccccc2c2ccccc21. The highest BCUT2D eigenvalue weighted by Crippen LogP contribution is 2.28. The molecule has 3 aromatic rings. The Morgan fingerprint density at radius 3 is 2.00 bits per heavy atom. The van der Waals surface area contributed by atoms with Crippen molar-refractivity contribution in [1.82, 2.24) is 4.57 Å². The van der Waals surface area contributed by atoms with Crippen LogP contribution in [0.2, 0.25) is 0 Å². The molecule has 0 fully saturated rings. The molecule has 0 atom stereocenters. The molecule has 0 saturated heterocycles. The fourth-order valence-corrected chi connectivity index (χ4v) is 2.31. The number of hydrogen-bond donors (Lipinski definition) is 0. The van der Waals surface area contributed by atoms with Crippen molar-refractivity contribution < 1.29 is 9.53 Å². The summed E-state index contributed by atoms with van der Waals surface area (Å²) in [5.41, 5.74) is 1.77. The van der Waals surface area contributed by atoms with Crippen molar-refractivity contribution in [2.24, 2.45) is 0 Å². The van der Waals surface area contributed by atoms with Gasteiger partial charge in [-0.25, -0.2) is 9.36 Å². The maximum Gasteiger partial charge on any atom is 0.418 e. The molecule has 18 heavy (non-hydrogen) atoms. The van der Waals surface area contributed by atoms with Crippen LogP contribution in [0, 0.1) is 0 Å². The zero-order valence-corrected chi connectivity index (χ0v) is 10.1. The summed E-state index contributed by atoms with van der Waals surface area (Å²) in [5, 5.41) is 2.14. The Balaban J connectivity index is 2.41. The summed E-state index contributed by atoms with van der Waals surface area (Å²) < 4.78 is 6.76. The van der Waals surface area contributed by atoms with Gasteiger partial charge in [-0.1, -0.05) is 36.4 Å². The lowest BCUT2D eigenvalue weighted by molar-refractivity contribution is 0.156. The molecular formula is C15H13NO2. The Morgan fingerprint density at radius 2 is 1.50 bits per heavy atom. The normalized spacial score (nSPS) is 10.9. The standard InChI is InChI=1S/C15H13NO2/c1-2-18-15(17)16-13-9-5-3-7-11(13)12-8-4-6-10-14(12)16/h3-10H,2H2,1H3. The minimum Gasteiger partial charge on any atom is -0.449 e. The van der Waals surface area contributed by atoms with Crippen LogP contribution in [0.15, 0.2) is 48.5 Å². The first-order valence-corrected chi connectivity index (χ1v) is 5.98. The molecule has 0 radical (unpaired) electrons. The summed E-state index contributed by atoms with van der Waals surface area (Å²) in [6.07, 6.45) is -0.324. The largest absolute Gasteiger partial charge is 0.449 e. The van der Waals surface area contributed by atoms with Crippen molar-refractivity contribution in [2.45, 2.75) is 6.92 Å². The summed E-state index contributed by atoms with van der Waals surface area (Å²) in [5.74, 6) is 0. The van der Waals surface area contributed by atoms with Gasteiger partial charge in [0.2, 0.25) is 0 Å². The van der Waals surface area contributed by atoms with Crippen molar-refractivity contribution in [3.8, 4) is 0 Å². The lowest BCUT2D eigenvalue weighted by Crippen LogP contribution is -2.12. The third kappa shape index (κ3) is 1.48. The molecule has 0 aliphatic carbocycles. The summed E-state index contributed by atoms with van der Waals surface area (Å²) in [7, 11) is 0. The van der Waals surface area contributed by atoms with Gasteiger partial charge in [0.25, 0.3) is 0 Å². The minimum absolute atomic E-state index is 0.324. The molecule has 0 N–H and O–H groups in total. The average Bonchev–Trinajstić information content (AvgIpc) is 2.73. The van der Waals surface area contributed by atoms with E-state index in [4.69, 9.17) is 4.74 Å². The van der Waals surface area contributed by atoms with E-state index in [1.165, 1.54) is 0 Å². The second-order valence-electron chi connectivity index (χ2n) is 4.07. The molecule has 0 aliphatic heterocycles. The quantitative estimate of drug-likeness (QED) is 0.646. The van der Waals surface area contributed by atoms with Gasteiger partial charge in [0.15, 0.2) is 0 Å². The highest BCUT2D eigenvalue weighted by atomic mass is 16.5. The van der Waals surface area contributed by atoms with Gasteiger partial charge in [0, 0.05) is 10.8 Å². The van der Waals surface area contributed by atoms with Crippen LogP contribution in [0.1, 0.15) is 6.92 Å². The van der Waals surface area contributed by atoms with Gasteiger partial charge >= 0.3 is 6.09 Å². The van der Waals surface area contributed by atoms with Gasteiger partial charge in [-0.05, 0) is 19.1 Å². The molecule has 3 rings (SSSR count). The summed E-state index contributed by atoms with van der Waals surface area (Å²) in [6, 6.07) is 15.7. The number of carbonyl (C=O) groups excluding carboxylic acids is 1. The highest BCUT2D eigenvalue weighted by Gasteiger charge is 2.15. The number of nitrogens with zero attached hydrogens (tertiary/aromatic N) is 1. The zero-order valence-electron chi connectivity index (χ0n) is 10.1. The highest BCUT2D eigenvalue weighted by molar-refractivity contribution is 6.12. The Morgan fingerprint density at radius 1 is 1.00 bits per heavy atom. The van der Waals surface area contributed by atoms with Gasteiger partial charge in [-0.15, -0.1) is 0 Å². The Hall–Kier alpha value is -2.29.